The van der Waals surface area contributed by atoms with Gasteiger partial charge in [0.2, 0.25) is 0 Å². The number of nitrogens with one attached hydrogen (secondary N) is 1. The number of hydrogen-bond acceptors (Lipinski definition) is 4. The SMILES string of the molecule is O=C(CNc1cccc(Cl)c1)OC1CCOC1. The summed E-state index contributed by atoms with van der Waals surface area (Å²) in [6, 6.07) is 7.20. The minimum Gasteiger partial charge on any atom is -0.459 e. The zero-order valence-electron chi connectivity index (χ0n) is 9.32. The van der Waals surface area contributed by atoms with Crippen LogP contribution in [-0.2, 0) is 14.3 Å². The van der Waals surface area contributed by atoms with Crippen molar-refractivity contribution in [1.29, 1.82) is 0 Å². The largest absolute Gasteiger partial charge is 0.459 e. The van der Waals surface area contributed by atoms with Gasteiger partial charge in [-0.2, -0.15) is 0 Å². The van der Waals surface area contributed by atoms with Crippen LogP contribution in [0.3, 0.4) is 0 Å². The maximum atomic E-state index is 11.5. The fourth-order valence-electron chi connectivity index (χ4n) is 1.61. The summed E-state index contributed by atoms with van der Waals surface area (Å²) < 4.78 is 10.3. The third-order valence-electron chi connectivity index (χ3n) is 2.45. The highest BCUT2D eigenvalue weighted by Crippen LogP contribution is 2.14. The van der Waals surface area contributed by atoms with Gasteiger partial charge in [-0.3, -0.25) is 4.79 Å². The summed E-state index contributed by atoms with van der Waals surface area (Å²) in [4.78, 5) is 11.5. The molecule has 0 aromatic heterocycles. The summed E-state index contributed by atoms with van der Waals surface area (Å²) in [6.45, 7) is 1.30. The second kappa shape index (κ2) is 5.89. The summed E-state index contributed by atoms with van der Waals surface area (Å²) in [5, 5.41) is 3.59. The molecule has 1 aromatic rings. The number of esters is 1. The van der Waals surface area contributed by atoms with Crippen molar-refractivity contribution in [1.82, 2.24) is 0 Å². The van der Waals surface area contributed by atoms with Gasteiger partial charge in [0.25, 0.3) is 0 Å². The van der Waals surface area contributed by atoms with E-state index in [0.717, 1.165) is 12.1 Å². The predicted molar refractivity (Wildman–Crippen MR) is 65.3 cm³/mol. The Kier molecular flexibility index (Phi) is 4.23. The first kappa shape index (κ1) is 12.2. The van der Waals surface area contributed by atoms with Crippen molar-refractivity contribution < 1.29 is 14.3 Å². The van der Waals surface area contributed by atoms with E-state index in [0.29, 0.717) is 18.2 Å². The lowest BCUT2D eigenvalue weighted by Crippen LogP contribution is -2.23. The molecule has 1 aliphatic heterocycles. The first-order valence-corrected chi connectivity index (χ1v) is 5.88. The van der Waals surface area contributed by atoms with E-state index in [9.17, 15) is 4.79 Å². The zero-order chi connectivity index (χ0) is 12.1. The lowest BCUT2D eigenvalue weighted by atomic mass is 10.3. The molecule has 0 aliphatic carbocycles. The van der Waals surface area contributed by atoms with Crippen LogP contribution in [0, 0.1) is 0 Å². The van der Waals surface area contributed by atoms with Crippen LogP contribution in [0.25, 0.3) is 0 Å². The monoisotopic (exact) mass is 255 g/mol. The fraction of sp³-hybridized carbons (Fsp3) is 0.417. The summed E-state index contributed by atoms with van der Waals surface area (Å²) >= 11 is 5.82. The number of anilines is 1. The Morgan fingerprint density at radius 2 is 2.47 bits per heavy atom. The molecule has 1 saturated heterocycles. The number of ether oxygens (including phenoxy) is 2. The van der Waals surface area contributed by atoms with Crippen LogP contribution >= 0.6 is 11.6 Å². The van der Waals surface area contributed by atoms with Crippen molar-refractivity contribution in [3.05, 3.63) is 29.3 Å². The van der Waals surface area contributed by atoms with Crippen LogP contribution in [0.15, 0.2) is 24.3 Å². The third-order valence-corrected chi connectivity index (χ3v) is 2.68. The van der Waals surface area contributed by atoms with E-state index in [2.05, 4.69) is 5.32 Å². The molecule has 2 rings (SSSR count). The summed E-state index contributed by atoms with van der Waals surface area (Å²) in [6.07, 6.45) is 0.687. The highest BCUT2D eigenvalue weighted by atomic mass is 35.5. The molecule has 0 bridgehead atoms. The van der Waals surface area contributed by atoms with Gasteiger partial charge in [0.05, 0.1) is 13.2 Å². The van der Waals surface area contributed by atoms with Gasteiger partial charge in [0, 0.05) is 17.1 Å². The van der Waals surface area contributed by atoms with Crippen molar-refractivity contribution in [2.75, 3.05) is 25.1 Å². The van der Waals surface area contributed by atoms with Gasteiger partial charge in [-0.25, -0.2) is 0 Å². The van der Waals surface area contributed by atoms with Gasteiger partial charge in [-0.15, -0.1) is 0 Å². The van der Waals surface area contributed by atoms with Gasteiger partial charge < -0.3 is 14.8 Å². The van der Waals surface area contributed by atoms with E-state index >= 15 is 0 Å². The maximum absolute atomic E-state index is 11.5. The van der Waals surface area contributed by atoms with E-state index in [-0.39, 0.29) is 18.6 Å². The molecule has 1 atom stereocenters. The minimum absolute atomic E-state index is 0.0938. The highest BCUT2D eigenvalue weighted by molar-refractivity contribution is 6.30. The Labute approximate surface area is 105 Å². The van der Waals surface area contributed by atoms with E-state index < -0.39 is 0 Å². The van der Waals surface area contributed by atoms with Gasteiger partial charge in [0.1, 0.15) is 12.6 Å². The lowest BCUT2D eigenvalue weighted by Gasteiger charge is -2.11. The maximum Gasteiger partial charge on any atom is 0.325 e. The molecule has 0 amide bonds. The van der Waals surface area contributed by atoms with Gasteiger partial charge in [-0.05, 0) is 18.2 Å². The smallest absolute Gasteiger partial charge is 0.325 e. The van der Waals surface area contributed by atoms with Crippen LogP contribution in [0.2, 0.25) is 5.02 Å². The molecule has 5 heteroatoms. The summed E-state index contributed by atoms with van der Waals surface area (Å²) in [7, 11) is 0. The van der Waals surface area contributed by atoms with Crippen LogP contribution < -0.4 is 5.32 Å². The molecule has 4 nitrogen and oxygen atoms in total. The van der Waals surface area contributed by atoms with Crippen molar-refractivity contribution in [2.45, 2.75) is 12.5 Å². The number of halogens is 1. The molecule has 0 spiro atoms. The molecular weight excluding hydrogens is 242 g/mol. The molecule has 17 heavy (non-hydrogen) atoms. The Morgan fingerprint density at radius 1 is 1.59 bits per heavy atom. The zero-order valence-corrected chi connectivity index (χ0v) is 10.1. The van der Waals surface area contributed by atoms with E-state index in [1.165, 1.54) is 0 Å². The lowest BCUT2D eigenvalue weighted by molar-refractivity contribution is -0.146. The predicted octanol–water partition coefficient (Wildman–Crippen LogP) is 2.08. The van der Waals surface area contributed by atoms with Gasteiger partial charge in [-0.1, -0.05) is 17.7 Å². The number of rotatable bonds is 4. The molecule has 92 valence electrons. The molecule has 1 fully saturated rings. The molecule has 1 aromatic carbocycles. The third kappa shape index (κ3) is 3.91. The molecule has 0 saturated carbocycles. The quantitative estimate of drug-likeness (QED) is 0.837. The second-order valence-corrected chi connectivity index (χ2v) is 4.28. The van der Waals surface area contributed by atoms with Gasteiger partial charge >= 0.3 is 5.97 Å². The van der Waals surface area contributed by atoms with Crippen molar-refractivity contribution in [2.24, 2.45) is 0 Å². The van der Waals surface area contributed by atoms with Crippen molar-refractivity contribution in [3.8, 4) is 0 Å². The summed E-state index contributed by atoms with van der Waals surface area (Å²) in [5.41, 5.74) is 0.803. The van der Waals surface area contributed by atoms with Crippen molar-refractivity contribution in [3.63, 3.8) is 0 Å². The molecule has 1 aliphatic rings. The van der Waals surface area contributed by atoms with E-state index in [1.54, 1.807) is 12.1 Å². The summed E-state index contributed by atoms with van der Waals surface area (Å²) in [5.74, 6) is -0.277. The number of hydrogen-bond donors (Lipinski definition) is 1. The average Bonchev–Trinajstić information content (AvgIpc) is 2.79. The van der Waals surface area contributed by atoms with E-state index in [4.69, 9.17) is 21.1 Å². The fourth-order valence-corrected chi connectivity index (χ4v) is 1.80. The second-order valence-electron chi connectivity index (χ2n) is 3.84. The Hall–Kier alpha value is -1.26. The normalized spacial score (nSPS) is 19.0. The Morgan fingerprint density at radius 3 is 3.18 bits per heavy atom. The van der Waals surface area contributed by atoms with Crippen LogP contribution in [0.4, 0.5) is 5.69 Å². The standard InChI is InChI=1S/C12H14ClNO3/c13-9-2-1-3-10(6-9)14-7-12(15)17-11-4-5-16-8-11/h1-3,6,11,14H,4-5,7-8H2. The first-order chi connectivity index (χ1) is 8.24. The molecule has 1 N–H and O–H groups in total. The van der Waals surface area contributed by atoms with Crippen LogP contribution in [0.5, 0.6) is 0 Å². The number of benzene rings is 1. The topological polar surface area (TPSA) is 47.6 Å². The molecular formula is C12H14ClNO3. The Bertz CT molecular complexity index is 391. The van der Waals surface area contributed by atoms with Crippen LogP contribution in [-0.4, -0.2) is 31.8 Å². The van der Waals surface area contributed by atoms with Crippen LogP contribution in [0.1, 0.15) is 6.42 Å². The molecule has 1 heterocycles. The Balaban J connectivity index is 1.75. The highest BCUT2D eigenvalue weighted by Gasteiger charge is 2.19. The average molecular weight is 256 g/mol. The van der Waals surface area contributed by atoms with Gasteiger partial charge in [0.15, 0.2) is 0 Å². The van der Waals surface area contributed by atoms with Crippen molar-refractivity contribution >= 4 is 23.3 Å². The first-order valence-electron chi connectivity index (χ1n) is 5.51. The van der Waals surface area contributed by atoms with E-state index in [1.807, 2.05) is 12.1 Å². The molecule has 1 unspecified atom stereocenters. The minimum atomic E-state index is -0.277. The number of carbonyl (C=O) groups is 1. The molecule has 0 radical (unpaired) electrons. The number of carbonyl (C=O) groups excluding carboxylic acids is 1.